The lowest BCUT2D eigenvalue weighted by Crippen LogP contribution is -2.60. The molecule has 1 saturated carbocycles. The molecule has 2 unspecified atom stereocenters. The molecule has 3 rings (SSSR count). The Balaban J connectivity index is 1.84. The second-order valence-corrected chi connectivity index (χ2v) is 6.22. The smallest absolute Gasteiger partial charge is 0.328 e. The maximum atomic E-state index is 11.5. The van der Waals surface area contributed by atoms with E-state index in [1.165, 1.54) is 0 Å². The molecular weight excluding hydrogens is 332 g/mol. The number of rotatable bonds is 5. The highest BCUT2D eigenvalue weighted by Gasteiger charge is 2.49. The van der Waals surface area contributed by atoms with E-state index in [2.05, 4.69) is 4.99 Å². The molecule has 3 atom stereocenters. The van der Waals surface area contributed by atoms with Crippen molar-refractivity contribution < 1.29 is 24.7 Å². The highest BCUT2D eigenvalue weighted by molar-refractivity contribution is 6.31. The number of nitrogens with zero attached hydrogens (tertiary/aromatic N) is 2. The van der Waals surface area contributed by atoms with E-state index in [0.29, 0.717) is 5.71 Å². The van der Waals surface area contributed by atoms with Crippen molar-refractivity contribution in [3.8, 4) is 0 Å². The summed E-state index contributed by atoms with van der Waals surface area (Å²) < 4.78 is 1.70. The minimum atomic E-state index is -1.09. The van der Waals surface area contributed by atoms with Crippen LogP contribution >= 0.6 is 0 Å². The fraction of sp³-hybridized carbons (Fsp3) is 0.250. The number of carboxylic acid groups (broad SMARTS) is 1. The number of para-hydroxylation sites is 1. The van der Waals surface area contributed by atoms with Gasteiger partial charge in [0.25, 0.3) is 0 Å². The van der Waals surface area contributed by atoms with E-state index in [0.717, 1.165) is 11.3 Å². The van der Waals surface area contributed by atoms with E-state index in [1.54, 1.807) is 11.6 Å². The molecule has 0 radical (unpaired) electrons. The number of hydrogen-bond donors (Lipinski definition) is 3. The van der Waals surface area contributed by atoms with Crippen LogP contribution in [0, 0.1) is 0 Å². The number of hydrogen-bond acceptors (Lipinski definition) is 4. The normalized spacial score (nSPS) is 20.3. The molecule has 2 aromatic carbocycles. The van der Waals surface area contributed by atoms with Crippen molar-refractivity contribution in [2.24, 2.45) is 4.99 Å². The molecule has 0 aromatic heterocycles. The first-order valence-electron chi connectivity index (χ1n) is 8.35. The Morgan fingerprint density at radius 2 is 1.58 bits per heavy atom. The minimum Gasteiger partial charge on any atom is -0.480 e. The molecular formula is C20H21N2O4+. The fourth-order valence-electron chi connectivity index (χ4n) is 3.02. The summed E-state index contributed by atoms with van der Waals surface area (Å²) in [7, 11) is 1.74. The lowest BCUT2D eigenvalue weighted by molar-refractivity contribution is -0.412. The Labute approximate surface area is 151 Å². The maximum Gasteiger partial charge on any atom is 0.328 e. The van der Waals surface area contributed by atoms with Gasteiger partial charge in [-0.2, -0.15) is 4.58 Å². The van der Waals surface area contributed by atoms with Gasteiger partial charge in [0.1, 0.15) is 7.05 Å². The van der Waals surface area contributed by atoms with Crippen LogP contribution < -0.4 is 0 Å². The predicted octanol–water partition coefficient (Wildman–Crippen LogP) is 1.27. The van der Waals surface area contributed by atoms with E-state index >= 15 is 0 Å². The van der Waals surface area contributed by atoms with E-state index in [4.69, 9.17) is 0 Å². The van der Waals surface area contributed by atoms with Crippen molar-refractivity contribution in [1.82, 2.24) is 0 Å². The third-order valence-electron chi connectivity index (χ3n) is 4.51. The molecule has 1 fully saturated rings. The van der Waals surface area contributed by atoms with Crippen LogP contribution in [0.3, 0.4) is 0 Å². The second kappa shape index (κ2) is 7.59. The molecule has 2 aromatic rings. The summed E-state index contributed by atoms with van der Waals surface area (Å²) in [6.45, 7) is 0. The van der Waals surface area contributed by atoms with Gasteiger partial charge in [0.05, 0.1) is 5.71 Å². The number of benzene rings is 2. The standard InChI is InChI=1S/C20H20N2O4/c1-22(14-10-6-3-7-11-14)17-18(23)16(19(17)24)21-15(20(25)26)12-13-8-4-2-5-9-13/h2-11,15,18-19,23-24H,12H2,1H3/p+1/t15-,18?,19?/m0/s1. The SMILES string of the molecule is C[N+](=C1C(O)C(=N[C@@H](Cc2ccccc2)C(=O)O)C1O)c1ccccc1. The minimum absolute atomic E-state index is 0.0890. The zero-order valence-electron chi connectivity index (χ0n) is 14.4. The average molecular weight is 353 g/mol. The van der Waals surface area contributed by atoms with Crippen LogP contribution in [0.5, 0.6) is 0 Å². The van der Waals surface area contributed by atoms with Gasteiger partial charge in [0.15, 0.2) is 18.2 Å². The van der Waals surface area contributed by atoms with Crippen LogP contribution in [0.15, 0.2) is 65.7 Å². The number of carboxylic acids is 1. The van der Waals surface area contributed by atoms with Gasteiger partial charge in [-0.15, -0.1) is 0 Å². The zero-order valence-corrected chi connectivity index (χ0v) is 14.4. The number of aliphatic hydroxyl groups is 2. The van der Waals surface area contributed by atoms with Crippen LogP contribution in [0.25, 0.3) is 0 Å². The van der Waals surface area contributed by atoms with Crippen LogP contribution in [0.4, 0.5) is 5.69 Å². The lowest BCUT2D eigenvalue weighted by Gasteiger charge is -2.30. The van der Waals surface area contributed by atoms with Gasteiger partial charge in [-0.05, 0) is 5.56 Å². The Bertz CT molecular complexity index is 833. The molecule has 0 saturated heterocycles. The molecule has 1 aliphatic rings. The van der Waals surface area contributed by atoms with Crippen molar-refractivity contribution in [3.63, 3.8) is 0 Å². The van der Waals surface area contributed by atoms with Gasteiger partial charge in [0.2, 0.25) is 11.4 Å². The zero-order chi connectivity index (χ0) is 18.7. The molecule has 6 nitrogen and oxygen atoms in total. The quantitative estimate of drug-likeness (QED) is 0.706. The summed E-state index contributed by atoms with van der Waals surface area (Å²) in [5, 5.41) is 30.2. The van der Waals surface area contributed by atoms with Gasteiger partial charge in [-0.1, -0.05) is 48.5 Å². The third-order valence-corrected chi connectivity index (χ3v) is 4.51. The molecule has 0 bridgehead atoms. The van der Waals surface area contributed by atoms with Gasteiger partial charge < -0.3 is 15.3 Å². The summed E-state index contributed by atoms with van der Waals surface area (Å²) in [4.78, 5) is 15.7. The van der Waals surface area contributed by atoms with E-state index in [9.17, 15) is 20.1 Å². The molecule has 6 heteroatoms. The van der Waals surface area contributed by atoms with Crippen LogP contribution in [0.1, 0.15) is 5.56 Å². The fourth-order valence-corrected chi connectivity index (χ4v) is 3.02. The van der Waals surface area contributed by atoms with E-state index in [1.807, 2.05) is 60.7 Å². The largest absolute Gasteiger partial charge is 0.480 e. The predicted molar refractivity (Wildman–Crippen MR) is 98.3 cm³/mol. The summed E-state index contributed by atoms with van der Waals surface area (Å²) >= 11 is 0. The molecule has 3 N–H and O–H groups in total. The van der Waals surface area contributed by atoms with Crippen molar-refractivity contribution in [2.75, 3.05) is 7.05 Å². The first kappa shape index (κ1) is 18.0. The van der Waals surface area contributed by atoms with Crippen molar-refractivity contribution >= 4 is 23.1 Å². The first-order chi connectivity index (χ1) is 12.5. The molecule has 0 heterocycles. The van der Waals surface area contributed by atoms with Gasteiger partial charge in [0, 0.05) is 18.6 Å². The maximum absolute atomic E-state index is 11.5. The van der Waals surface area contributed by atoms with Crippen molar-refractivity contribution in [2.45, 2.75) is 24.7 Å². The Kier molecular flexibility index (Phi) is 5.25. The topological polar surface area (TPSA) is 93.1 Å². The monoisotopic (exact) mass is 353 g/mol. The third kappa shape index (κ3) is 3.56. The first-order valence-corrected chi connectivity index (χ1v) is 8.35. The summed E-state index contributed by atoms with van der Waals surface area (Å²) in [6, 6.07) is 17.4. The second-order valence-electron chi connectivity index (χ2n) is 6.22. The van der Waals surface area contributed by atoms with Crippen LogP contribution in [-0.4, -0.2) is 62.6 Å². The average Bonchev–Trinajstić information content (AvgIpc) is 2.66. The number of aliphatic hydroxyl groups excluding tert-OH is 2. The highest BCUT2D eigenvalue weighted by atomic mass is 16.4. The molecule has 1 aliphatic carbocycles. The highest BCUT2D eigenvalue weighted by Crippen LogP contribution is 2.21. The Morgan fingerprint density at radius 1 is 1.04 bits per heavy atom. The summed E-state index contributed by atoms with van der Waals surface area (Å²) in [5.74, 6) is -1.09. The van der Waals surface area contributed by atoms with Gasteiger partial charge >= 0.3 is 5.97 Å². The Morgan fingerprint density at radius 3 is 2.12 bits per heavy atom. The van der Waals surface area contributed by atoms with Crippen LogP contribution in [-0.2, 0) is 11.2 Å². The summed E-state index contributed by atoms with van der Waals surface area (Å²) in [6.07, 6.45) is -1.98. The summed E-state index contributed by atoms with van der Waals surface area (Å²) in [5.41, 5.74) is 2.13. The van der Waals surface area contributed by atoms with Gasteiger partial charge in [-0.3, -0.25) is 4.99 Å². The molecule has 26 heavy (non-hydrogen) atoms. The van der Waals surface area contributed by atoms with E-state index < -0.39 is 24.2 Å². The van der Waals surface area contributed by atoms with Crippen molar-refractivity contribution in [1.29, 1.82) is 0 Å². The number of carbonyl (C=O) groups is 1. The molecule has 0 amide bonds. The number of aliphatic imine (C=N–C) groups is 1. The number of aliphatic carboxylic acids is 1. The van der Waals surface area contributed by atoms with Crippen LogP contribution in [0.2, 0.25) is 0 Å². The molecule has 0 aliphatic heterocycles. The lowest BCUT2D eigenvalue weighted by atomic mass is 9.85. The molecule has 134 valence electrons. The molecule has 0 spiro atoms. The van der Waals surface area contributed by atoms with E-state index in [-0.39, 0.29) is 12.1 Å². The Hall–Kier alpha value is -2.83. The van der Waals surface area contributed by atoms with Gasteiger partial charge in [-0.25, -0.2) is 4.79 Å². The van der Waals surface area contributed by atoms with Crippen molar-refractivity contribution in [3.05, 3.63) is 66.2 Å².